The van der Waals surface area contributed by atoms with Crippen molar-refractivity contribution in [1.82, 2.24) is 10.2 Å². The molecule has 0 aromatic heterocycles. The quantitative estimate of drug-likeness (QED) is 0.905. The van der Waals surface area contributed by atoms with Crippen LogP contribution in [0.3, 0.4) is 0 Å². The van der Waals surface area contributed by atoms with E-state index in [1.54, 1.807) is 0 Å². The molecule has 0 bridgehead atoms. The number of amides is 2. The summed E-state index contributed by atoms with van der Waals surface area (Å²) in [7, 11) is 0. The van der Waals surface area contributed by atoms with Crippen molar-refractivity contribution in [2.75, 3.05) is 18.8 Å². The Labute approximate surface area is 125 Å². The predicted molar refractivity (Wildman–Crippen MR) is 76.6 cm³/mol. The molecule has 0 radical (unpaired) electrons. The third-order valence-electron chi connectivity index (χ3n) is 3.15. The molecule has 1 aromatic rings. The van der Waals surface area contributed by atoms with Crippen LogP contribution in [0, 0.1) is 11.6 Å². The number of halogens is 2. The van der Waals surface area contributed by atoms with E-state index < -0.39 is 17.0 Å². The van der Waals surface area contributed by atoms with Crippen molar-refractivity contribution < 1.29 is 18.4 Å². The van der Waals surface area contributed by atoms with Crippen LogP contribution >= 0.6 is 11.8 Å². The topological polar surface area (TPSA) is 49.4 Å². The van der Waals surface area contributed by atoms with Crippen molar-refractivity contribution >= 4 is 23.6 Å². The third kappa shape index (κ3) is 3.72. The molecule has 1 atom stereocenters. The summed E-state index contributed by atoms with van der Waals surface area (Å²) < 4.78 is 26.8. The lowest BCUT2D eigenvalue weighted by molar-refractivity contribution is -0.129. The highest BCUT2D eigenvalue weighted by Gasteiger charge is 2.34. The van der Waals surface area contributed by atoms with Crippen molar-refractivity contribution in [2.24, 2.45) is 0 Å². The minimum atomic E-state index is -0.676. The predicted octanol–water partition coefficient (Wildman–Crippen LogP) is 2.06. The molecular formula is C14H16F2N2O2S. The average molecular weight is 314 g/mol. The molecular weight excluding hydrogens is 298 g/mol. The number of nitrogens with zero attached hydrogens (tertiary/aromatic N) is 1. The molecule has 2 amide bonds. The van der Waals surface area contributed by atoms with Crippen molar-refractivity contribution in [1.29, 1.82) is 0 Å². The molecule has 1 fully saturated rings. The fourth-order valence-corrected chi connectivity index (χ4v) is 3.40. The Balaban J connectivity index is 2.11. The number of carbonyl (C=O) groups excluding carboxylic acids is 2. The second-order valence-electron chi connectivity index (χ2n) is 4.62. The van der Waals surface area contributed by atoms with E-state index in [1.807, 2.05) is 6.92 Å². The molecule has 1 unspecified atom stereocenters. The summed E-state index contributed by atoms with van der Waals surface area (Å²) in [5.74, 6) is -1.39. The van der Waals surface area contributed by atoms with Crippen molar-refractivity contribution in [3.63, 3.8) is 0 Å². The highest BCUT2D eigenvalue weighted by atomic mass is 32.2. The van der Waals surface area contributed by atoms with Gasteiger partial charge in [-0.2, -0.15) is 0 Å². The van der Waals surface area contributed by atoms with Gasteiger partial charge in [-0.05, 0) is 13.0 Å². The lowest BCUT2D eigenvalue weighted by Gasteiger charge is -2.24. The summed E-state index contributed by atoms with van der Waals surface area (Å²) in [5, 5.41) is 2.14. The minimum absolute atomic E-state index is 0.141. The number of carbonyl (C=O) groups is 2. The second kappa shape index (κ2) is 6.89. The Morgan fingerprint density at radius 1 is 1.48 bits per heavy atom. The van der Waals surface area contributed by atoms with E-state index in [4.69, 9.17) is 0 Å². The Morgan fingerprint density at radius 3 is 2.90 bits per heavy atom. The number of hydrogen-bond acceptors (Lipinski definition) is 3. The molecule has 4 nitrogen and oxygen atoms in total. The van der Waals surface area contributed by atoms with Gasteiger partial charge in [0.25, 0.3) is 0 Å². The highest BCUT2D eigenvalue weighted by Crippen LogP contribution is 2.39. The van der Waals surface area contributed by atoms with Crippen molar-refractivity contribution in [3.05, 3.63) is 35.4 Å². The molecule has 114 valence electrons. The molecule has 1 aliphatic rings. The molecule has 0 saturated carbocycles. The first-order valence-corrected chi connectivity index (χ1v) is 7.70. The van der Waals surface area contributed by atoms with Gasteiger partial charge < -0.3 is 10.2 Å². The smallest absolute Gasteiger partial charge is 0.233 e. The molecule has 1 heterocycles. The fraction of sp³-hybridized carbons (Fsp3) is 0.429. The van der Waals surface area contributed by atoms with E-state index >= 15 is 0 Å². The summed E-state index contributed by atoms with van der Waals surface area (Å²) in [5.41, 5.74) is 0.267. The number of thioether (sulfide) groups is 1. The van der Waals surface area contributed by atoms with Gasteiger partial charge in [-0.1, -0.05) is 6.07 Å². The monoisotopic (exact) mass is 314 g/mol. The summed E-state index contributed by atoms with van der Waals surface area (Å²) in [4.78, 5) is 24.8. The maximum atomic E-state index is 13.9. The van der Waals surface area contributed by atoms with Gasteiger partial charge in [-0.25, -0.2) is 8.78 Å². The van der Waals surface area contributed by atoms with E-state index in [0.717, 1.165) is 6.07 Å². The third-order valence-corrected chi connectivity index (χ3v) is 4.39. The standard InChI is InChI=1S/C14H16F2N2O2S/c1-2-17-12(19)5-6-18-13(20)8-21-14(18)10-4-3-9(15)7-11(10)16/h3-4,7,14H,2,5-6,8H2,1H3,(H,17,19). The molecule has 0 spiro atoms. The van der Waals surface area contributed by atoms with Gasteiger partial charge >= 0.3 is 0 Å². The molecule has 21 heavy (non-hydrogen) atoms. The maximum absolute atomic E-state index is 13.9. The Morgan fingerprint density at radius 2 is 2.24 bits per heavy atom. The minimum Gasteiger partial charge on any atom is -0.356 e. The van der Waals surface area contributed by atoms with E-state index in [-0.39, 0.29) is 36.1 Å². The van der Waals surface area contributed by atoms with Crippen LogP contribution in [0.15, 0.2) is 18.2 Å². The van der Waals surface area contributed by atoms with Crippen LogP contribution < -0.4 is 5.32 Å². The maximum Gasteiger partial charge on any atom is 0.233 e. The molecule has 7 heteroatoms. The molecule has 1 aliphatic heterocycles. The molecule has 2 rings (SSSR count). The van der Waals surface area contributed by atoms with E-state index in [2.05, 4.69) is 5.32 Å². The van der Waals surface area contributed by atoms with Gasteiger partial charge in [0.15, 0.2) is 0 Å². The van der Waals surface area contributed by atoms with Gasteiger partial charge in [-0.15, -0.1) is 11.8 Å². The van der Waals surface area contributed by atoms with Crippen LogP contribution in [-0.2, 0) is 9.59 Å². The molecule has 1 aromatic carbocycles. The SMILES string of the molecule is CCNC(=O)CCN1C(=O)CSC1c1ccc(F)cc1F. The first kappa shape index (κ1) is 15.8. The van der Waals surface area contributed by atoms with E-state index in [1.165, 1.54) is 28.8 Å². The highest BCUT2D eigenvalue weighted by molar-refractivity contribution is 8.00. The molecule has 0 aliphatic carbocycles. The largest absolute Gasteiger partial charge is 0.356 e. The first-order chi connectivity index (χ1) is 10.0. The lowest BCUT2D eigenvalue weighted by atomic mass is 10.2. The van der Waals surface area contributed by atoms with Crippen LogP contribution in [0.1, 0.15) is 24.3 Å². The zero-order valence-electron chi connectivity index (χ0n) is 11.6. The number of benzene rings is 1. The molecule has 1 saturated heterocycles. The van der Waals surface area contributed by atoms with Crippen LogP contribution in [0.2, 0.25) is 0 Å². The van der Waals surface area contributed by atoms with Crippen molar-refractivity contribution in [2.45, 2.75) is 18.7 Å². The Bertz CT molecular complexity index is 554. The normalized spacial score (nSPS) is 18.1. The lowest BCUT2D eigenvalue weighted by Crippen LogP contribution is -2.33. The summed E-state index contributed by atoms with van der Waals surface area (Å²) >= 11 is 1.28. The summed E-state index contributed by atoms with van der Waals surface area (Å²) in [6, 6.07) is 3.32. The number of nitrogens with one attached hydrogen (secondary N) is 1. The number of hydrogen-bond donors (Lipinski definition) is 1. The zero-order valence-corrected chi connectivity index (χ0v) is 12.4. The number of rotatable bonds is 5. The van der Waals surface area contributed by atoms with Gasteiger partial charge in [0, 0.05) is 31.1 Å². The van der Waals surface area contributed by atoms with E-state index in [9.17, 15) is 18.4 Å². The van der Waals surface area contributed by atoms with Gasteiger partial charge in [0.05, 0.1) is 5.75 Å². The zero-order chi connectivity index (χ0) is 15.4. The Hall–Kier alpha value is -1.63. The average Bonchev–Trinajstić information content (AvgIpc) is 2.78. The summed E-state index contributed by atoms with van der Waals surface area (Å²) in [6.45, 7) is 2.56. The fourth-order valence-electron chi connectivity index (χ4n) is 2.16. The van der Waals surface area contributed by atoms with Crippen LogP contribution in [0.5, 0.6) is 0 Å². The van der Waals surface area contributed by atoms with Crippen LogP contribution in [0.25, 0.3) is 0 Å². The summed E-state index contributed by atoms with van der Waals surface area (Å²) in [6.07, 6.45) is 0.166. The van der Waals surface area contributed by atoms with Gasteiger partial charge in [0.1, 0.15) is 17.0 Å². The van der Waals surface area contributed by atoms with Crippen LogP contribution in [-0.4, -0.2) is 35.6 Å². The van der Waals surface area contributed by atoms with E-state index in [0.29, 0.717) is 6.54 Å². The Kier molecular flexibility index (Phi) is 5.17. The first-order valence-electron chi connectivity index (χ1n) is 6.65. The van der Waals surface area contributed by atoms with Crippen molar-refractivity contribution in [3.8, 4) is 0 Å². The van der Waals surface area contributed by atoms with Crippen LogP contribution in [0.4, 0.5) is 8.78 Å². The van der Waals surface area contributed by atoms with Gasteiger partial charge in [-0.3, -0.25) is 9.59 Å². The second-order valence-corrected chi connectivity index (χ2v) is 5.69. The van der Waals surface area contributed by atoms with Gasteiger partial charge in [0.2, 0.25) is 11.8 Å². The molecule has 1 N–H and O–H groups in total.